The van der Waals surface area contributed by atoms with Crippen molar-refractivity contribution in [2.45, 2.75) is 24.5 Å². The molecular formula is C12H13N5O8. The number of carbonyl (C=O) groups excluding carboxylic acids is 3. The largest absolute Gasteiger partial charge is 0.546 e. The van der Waals surface area contributed by atoms with E-state index in [0.717, 1.165) is 0 Å². The molecule has 0 radical (unpaired) electrons. The van der Waals surface area contributed by atoms with Crippen molar-refractivity contribution < 1.29 is 44.1 Å². The summed E-state index contributed by atoms with van der Waals surface area (Å²) >= 11 is 0. The fourth-order valence-electron chi connectivity index (χ4n) is 2.76. The van der Waals surface area contributed by atoms with E-state index in [1.54, 1.807) is 0 Å². The number of aliphatic imine (C=N–C) groups is 2. The summed E-state index contributed by atoms with van der Waals surface area (Å²) in [5.74, 6) is -3.52. The molecule has 3 aliphatic rings. The normalized spacial score (nSPS) is 32.0. The third-order valence-electron chi connectivity index (χ3n) is 3.84. The number of rotatable bonds is 4. The SMILES string of the molecule is NC1=NC(=O)C2=[N+](CC(=O)[O-])C(=O)N([C@@H]3O[C@H](CO)[C@@H](O)[C@H]3O)C2=N1. The molecule has 0 aromatic rings. The number of carbonyl (C=O) groups is 3. The maximum Gasteiger partial charge on any atom is 0.503 e. The van der Waals surface area contributed by atoms with Crippen LogP contribution < -0.4 is 10.8 Å². The maximum atomic E-state index is 12.6. The summed E-state index contributed by atoms with van der Waals surface area (Å²) in [6.45, 7) is -1.62. The number of aliphatic hydroxyl groups excluding tert-OH is 3. The zero-order valence-electron chi connectivity index (χ0n) is 12.5. The van der Waals surface area contributed by atoms with Crippen molar-refractivity contribution in [1.82, 2.24) is 4.90 Å². The van der Waals surface area contributed by atoms with Gasteiger partial charge in [-0.3, -0.25) is 4.79 Å². The highest BCUT2D eigenvalue weighted by atomic mass is 16.6. The number of guanidine groups is 1. The van der Waals surface area contributed by atoms with Crippen LogP contribution in [-0.4, -0.2) is 97.9 Å². The smallest absolute Gasteiger partial charge is 0.503 e. The number of aliphatic carboxylic acids is 1. The van der Waals surface area contributed by atoms with Gasteiger partial charge in [-0.05, 0) is 0 Å². The number of amidine groups is 1. The van der Waals surface area contributed by atoms with Crippen molar-refractivity contribution in [2.75, 3.05) is 13.2 Å². The van der Waals surface area contributed by atoms with E-state index in [2.05, 4.69) is 9.98 Å². The standard InChI is InChI=1S/C12H13N5O8/c13-11-14-8-5(9(23)15-11)16(1-4(19)20)12(24)17(8)10-7(22)6(21)3(2-18)25-10/h3,6-7,10,18,21-22H,1-2H2,(H2-,13,15,19,20,23)/t3-,6-,7-,10-/m1/s1. The molecule has 0 bridgehead atoms. The van der Waals surface area contributed by atoms with Crippen LogP contribution in [0.2, 0.25) is 0 Å². The zero-order valence-corrected chi connectivity index (χ0v) is 12.5. The van der Waals surface area contributed by atoms with Gasteiger partial charge in [-0.15, -0.1) is 4.90 Å². The van der Waals surface area contributed by atoms with Crippen LogP contribution in [0.5, 0.6) is 0 Å². The van der Waals surface area contributed by atoms with Gasteiger partial charge in [0.2, 0.25) is 12.2 Å². The summed E-state index contributed by atoms with van der Waals surface area (Å²) in [4.78, 5) is 43.3. The van der Waals surface area contributed by atoms with Gasteiger partial charge in [-0.2, -0.15) is 19.4 Å². The van der Waals surface area contributed by atoms with Gasteiger partial charge in [0.1, 0.15) is 24.9 Å². The Hall–Kier alpha value is -2.74. The first-order valence-electron chi connectivity index (χ1n) is 7.03. The fourth-order valence-corrected chi connectivity index (χ4v) is 2.76. The number of hydrogen-bond donors (Lipinski definition) is 4. The van der Waals surface area contributed by atoms with E-state index in [1.165, 1.54) is 0 Å². The van der Waals surface area contributed by atoms with Crippen LogP contribution in [0, 0.1) is 0 Å². The molecule has 0 unspecified atom stereocenters. The lowest BCUT2D eigenvalue weighted by molar-refractivity contribution is -0.440. The Morgan fingerprint density at radius 3 is 2.56 bits per heavy atom. The predicted molar refractivity (Wildman–Crippen MR) is 74.2 cm³/mol. The lowest BCUT2D eigenvalue weighted by Crippen LogP contribution is -2.50. The minimum atomic E-state index is -1.65. The van der Waals surface area contributed by atoms with Gasteiger partial charge in [-0.25, -0.2) is 0 Å². The zero-order chi connectivity index (χ0) is 18.5. The molecule has 3 rings (SSSR count). The molecular weight excluding hydrogens is 342 g/mol. The molecule has 0 aliphatic carbocycles. The molecule has 3 amide bonds. The van der Waals surface area contributed by atoms with Crippen molar-refractivity contribution in [2.24, 2.45) is 15.7 Å². The number of nitrogens with zero attached hydrogens (tertiary/aromatic N) is 4. The molecule has 0 saturated carbocycles. The summed E-state index contributed by atoms with van der Waals surface area (Å²) in [5.41, 5.74) is 4.93. The van der Waals surface area contributed by atoms with Crippen molar-refractivity contribution in [1.29, 1.82) is 0 Å². The number of carboxylic acid groups (broad SMARTS) is 1. The monoisotopic (exact) mass is 355 g/mol. The molecule has 3 heterocycles. The minimum absolute atomic E-state index is 0.376. The Labute approximate surface area is 139 Å². The Morgan fingerprint density at radius 2 is 2.00 bits per heavy atom. The molecule has 13 heteroatoms. The second-order valence-corrected chi connectivity index (χ2v) is 5.40. The molecule has 13 nitrogen and oxygen atoms in total. The number of nitrogens with two attached hydrogens (primary N) is 1. The second kappa shape index (κ2) is 5.96. The van der Waals surface area contributed by atoms with Crippen LogP contribution >= 0.6 is 0 Å². The van der Waals surface area contributed by atoms with E-state index in [4.69, 9.17) is 15.6 Å². The maximum absolute atomic E-state index is 12.6. The summed E-state index contributed by atoms with van der Waals surface area (Å²) in [5, 5.41) is 40.0. The van der Waals surface area contributed by atoms with E-state index >= 15 is 0 Å². The molecule has 5 N–H and O–H groups in total. The number of amides is 3. The molecule has 134 valence electrons. The highest BCUT2D eigenvalue weighted by Crippen LogP contribution is 2.27. The second-order valence-electron chi connectivity index (χ2n) is 5.40. The first-order valence-corrected chi connectivity index (χ1v) is 7.03. The third-order valence-corrected chi connectivity index (χ3v) is 3.84. The van der Waals surface area contributed by atoms with Gasteiger partial charge in [0.15, 0.2) is 0 Å². The van der Waals surface area contributed by atoms with Gasteiger partial charge in [-0.1, -0.05) is 0 Å². The molecule has 25 heavy (non-hydrogen) atoms. The summed E-state index contributed by atoms with van der Waals surface area (Å²) < 4.78 is 5.78. The van der Waals surface area contributed by atoms with E-state index < -0.39 is 67.3 Å². The van der Waals surface area contributed by atoms with Crippen LogP contribution in [0.1, 0.15) is 0 Å². The average Bonchev–Trinajstić information content (AvgIpc) is 2.95. The number of aliphatic hydroxyl groups is 3. The van der Waals surface area contributed by atoms with Crippen LogP contribution in [-0.2, 0) is 14.3 Å². The van der Waals surface area contributed by atoms with Gasteiger partial charge >= 0.3 is 11.9 Å². The first-order chi connectivity index (χ1) is 11.8. The Morgan fingerprint density at radius 1 is 1.32 bits per heavy atom. The Kier molecular flexibility index (Phi) is 4.08. The predicted octanol–water partition coefficient (Wildman–Crippen LogP) is -5.68. The van der Waals surface area contributed by atoms with Gasteiger partial charge in [0.25, 0.3) is 11.5 Å². The number of urea groups is 1. The van der Waals surface area contributed by atoms with Gasteiger partial charge in [0.05, 0.1) is 12.6 Å². The van der Waals surface area contributed by atoms with Crippen molar-refractivity contribution >= 4 is 35.4 Å². The number of hydrogen-bond acceptors (Lipinski definition) is 10. The molecule has 1 saturated heterocycles. The summed E-state index contributed by atoms with van der Waals surface area (Å²) in [7, 11) is 0. The van der Waals surface area contributed by atoms with E-state index in [-0.39, 0.29) is 5.84 Å². The summed E-state index contributed by atoms with van der Waals surface area (Å²) in [6.07, 6.45) is -5.90. The first kappa shape index (κ1) is 17.1. The molecule has 1 fully saturated rings. The number of carboxylic acids is 1. The molecule has 3 aliphatic heterocycles. The quantitative estimate of drug-likeness (QED) is 0.354. The topological polar surface area (TPSA) is 201 Å². The van der Waals surface area contributed by atoms with Gasteiger partial charge in [0, 0.05) is 0 Å². The van der Waals surface area contributed by atoms with Crippen LogP contribution in [0.25, 0.3) is 0 Å². The molecule has 0 spiro atoms. The number of fused-ring (bicyclic) bond motifs is 1. The van der Waals surface area contributed by atoms with Crippen LogP contribution in [0.4, 0.5) is 4.79 Å². The third kappa shape index (κ3) is 2.58. The molecule has 0 aromatic carbocycles. The molecule has 4 atom stereocenters. The van der Waals surface area contributed by atoms with Crippen molar-refractivity contribution in [3.8, 4) is 0 Å². The van der Waals surface area contributed by atoms with Crippen molar-refractivity contribution in [3.05, 3.63) is 0 Å². The lowest BCUT2D eigenvalue weighted by Gasteiger charge is -2.19. The fraction of sp³-hybridized carbons (Fsp3) is 0.500. The highest BCUT2D eigenvalue weighted by Gasteiger charge is 2.59. The Bertz CT molecular complexity index is 759. The average molecular weight is 355 g/mol. The number of ether oxygens (including phenoxy) is 1. The highest BCUT2D eigenvalue weighted by molar-refractivity contribution is 6.69. The van der Waals surface area contributed by atoms with E-state index in [9.17, 15) is 29.7 Å². The summed E-state index contributed by atoms with van der Waals surface area (Å²) in [6, 6.07) is -1.06. The lowest BCUT2D eigenvalue weighted by atomic mass is 10.1. The van der Waals surface area contributed by atoms with E-state index in [1.807, 2.05) is 0 Å². The van der Waals surface area contributed by atoms with Gasteiger partial charge < -0.3 is 35.7 Å². The molecule has 0 aromatic heterocycles. The van der Waals surface area contributed by atoms with Crippen LogP contribution in [0.15, 0.2) is 9.98 Å². The van der Waals surface area contributed by atoms with E-state index in [0.29, 0.717) is 9.48 Å². The van der Waals surface area contributed by atoms with Crippen molar-refractivity contribution in [3.63, 3.8) is 0 Å². The van der Waals surface area contributed by atoms with Crippen LogP contribution in [0.3, 0.4) is 0 Å². The Balaban J connectivity index is 2.05. The minimum Gasteiger partial charge on any atom is -0.546 e.